The smallest absolute Gasteiger partial charge is 0.169 e. The van der Waals surface area contributed by atoms with E-state index in [9.17, 15) is 9.59 Å². The van der Waals surface area contributed by atoms with Crippen molar-refractivity contribution in [2.45, 2.75) is 38.5 Å². The van der Waals surface area contributed by atoms with E-state index in [1.54, 1.807) is 0 Å². The number of carbonyl (C=O) groups excluding carboxylic acids is 2. The van der Waals surface area contributed by atoms with Crippen LogP contribution in [0.4, 0.5) is 0 Å². The van der Waals surface area contributed by atoms with E-state index in [1.807, 2.05) is 12.1 Å². The van der Waals surface area contributed by atoms with Crippen molar-refractivity contribution in [3.05, 3.63) is 33.8 Å². The molecule has 0 radical (unpaired) electrons. The minimum atomic E-state index is -0.270. The zero-order valence-electron chi connectivity index (χ0n) is 10.7. The van der Waals surface area contributed by atoms with Crippen molar-refractivity contribution >= 4 is 27.5 Å². The highest BCUT2D eigenvalue weighted by molar-refractivity contribution is 9.10. The summed E-state index contributed by atoms with van der Waals surface area (Å²) in [5, 5.41) is 0. The van der Waals surface area contributed by atoms with Crippen LogP contribution < -0.4 is 0 Å². The quantitative estimate of drug-likeness (QED) is 0.730. The van der Waals surface area contributed by atoms with Crippen molar-refractivity contribution in [3.63, 3.8) is 0 Å². The number of hydrogen-bond donors (Lipinski definition) is 0. The van der Waals surface area contributed by atoms with Gasteiger partial charge in [-0.1, -0.05) is 22.0 Å². The highest BCUT2D eigenvalue weighted by Crippen LogP contribution is 2.62. The van der Waals surface area contributed by atoms with Crippen LogP contribution in [0.2, 0.25) is 0 Å². The molecule has 2 nitrogen and oxygen atoms in total. The van der Waals surface area contributed by atoms with Gasteiger partial charge in [-0.05, 0) is 49.8 Å². The van der Waals surface area contributed by atoms with Crippen LogP contribution in [0.1, 0.15) is 48.0 Å². The summed E-state index contributed by atoms with van der Waals surface area (Å²) in [6.07, 6.45) is 4.98. The predicted octanol–water partition coefficient (Wildman–Crippen LogP) is 3.71. The highest BCUT2D eigenvalue weighted by Gasteiger charge is 2.60. The van der Waals surface area contributed by atoms with Gasteiger partial charge >= 0.3 is 0 Å². The fourth-order valence-electron chi connectivity index (χ4n) is 4.05. The van der Waals surface area contributed by atoms with Crippen molar-refractivity contribution < 1.29 is 9.59 Å². The number of carbonyl (C=O) groups is 2. The number of fused-ring (bicyclic) bond motifs is 1. The normalized spacial score (nSPS) is 31.0. The standard InChI is InChI=1S/C16H15BrO2/c17-11-2-1-10-8-16(14(19)12(10)7-11)4-3-13(18)15(9-16)5-6-15/h1-2,7H,3-6,8-9H2/t16-/m0/s1. The highest BCUT2D eigenvalue weighted by atomic mass is 79.9. The van der Waals surface area contributed by atoms with Crippen LogP contribution in [0.15, 0.2) is 22.7 Å². The SMILES string of the molecule is O=C1CC[C@]2(Cc3ccc(Br)cc3C2=O)CC12CC2. The topological polar surface area (TPSA) is 34.1 Å². The molecule has 0 amide bonds. The number of halogens is 1. The Morgan fingerprint density at radius 3 is 2.58 bits per heavy atom. The summed E-state index contributed by atoms with van der Waals surface area (Å²) in [5.41, 5.74) is 1.65. The first-order chi connectivity index (χ1) is 9.05. The molecular weight excluding hydrogens is 304 g/mol. The van der Waals surface area contributed by atoms with Crippen LogP contribution >= 0.6 is 15.9 Å². The van der Waals surface area contributed by atoms with Gasteiger partial charge in [-0.15, -0.1) is 0 Å². The third-order valence-corrected chi connectivity index (χ3v) is 5.77. The minimum Gasteiger partial charge on any atom is -0.299 e. The molecule has 0 aromatic heterocycles. The largest absolute Gasteiger partial charge is 0.299 e. The molecule has 0 heterocycles. The molecule has 2 saturated carbocycles. The van der Waals surface area contributed by atoms with Crippen molar-refractivity contribution in [2.75, 3.05) is 0 Å². The van der Waals surface area contributed by atoms with Crippen LogP contribution in [-0.4, -0.2) is 11.6 Å². The maximum Gasteiger partial charge on any atom is 0.169 e. The molecule has 3 aliphatic carbocycles. The number of rotatable bonds is 0. The second-order valence-corrected chi connectivity index (χ2v) is 7.38. The molecule has 3 heteroatoms. The molecule has 4 rings (SSSR count). The van der Waals surface area contributed by atoms with Crippen molar-refractivity contribution in [1.29, 1.82) is 0 Å². The lowest BCUT2D eigenvalue weighted by atomic mass is 9.65. The number of benzene rings is 1. The van der Waals surface area contributed by atoms with Crippen LogP contribution in [0, 0.1) is 10.8 Å². The lowest BCUT2D eigenvalue weighted by Gasteiger charge is -2.36. The van der Waals surface area contributed by atoms with Gasteiger partial charge < -0.3 is 0 Å². The van der Waals surface area contributed by atoms with Crippen molar-refractivity contribution in [1.82, 2.24) is 0 Å². The predicted molar refractivity (Wildman–Crippen MR) is 75.1 cm³/mol. The van der Waals surface area contributed by atoms with Crippen LogP contribution in [0.3, 0.4) is 0 Å². The summed E-state index contributed by atoms with van der Waals surface area (Å²) >= 11 is 3.44. The van der Waals surface area contributed by atoms with E-state index < -0.39 is 0 Å². The van der Waals surface area contributed by atoms with Gasteiger partial charge in [0.2, 0.25) is 0 Å². The van der Waals surface area contributed by atoms with Crippen LogP contribution in [-0.2, 0) is 11.2 Å². The Labute approximate surface area is 120 Å². The summed E-state index contributed by atoms with van der Waals surface area (Å²) < 4.78 is 0.963. The van der Waals surface area contributed by atoms with Crippen molar-refractivity contribution in [2.24, 2.45) is 10.8 Å². The van der Waals surface area contributed by atoms with E-state index in [4.69, 9.17) is 0 Å². The molecule has 2 spiro atoms. The minimum absolute atomic E-state index is 0.118. The zero-order chi connectivity index (χ0) is 13.3. The van der Waals surface area contributed by atoms with Gasteiger partial charge in [0.25, 0.3) is 0 Å². The third kappa shape index (κ3) is 1.54. The fraction of sp³-hybridized carbons (Fsp3) is 0.500. The molecule has 0 bridgehead atoms. The number of ketones is 2. The summed E-state index contributed by atoms with van der Waals surface area (Å²) in [6, 6.07) is 6.01. The molecule has 0 unspecified atom stereocenters. The average molecular weight is 319 g/mol. The van der Waals surface area contributed by atoms with Gasteiger partial charge in [0, 0.05) is 27.3 Å². The van der Waals surface area contributed by atoms with Crippen LogP contribution in [0.25, 0.3) is 0 Å². The lowest BCUT2D eigenvalue weighted by Crippen LogP contribution is -2.39. The van der Waals surface area contributed by atoms with E-state index in [0.29, 0.717) is 12.2 Å². The molecule has 1 aromatic carbocycles. The summed E-state index contributed by atoms with van der Waals surface area (Å²) in [7, 11) is 0. The fourth-order valence-corrected chi connectivity index (χ4v) is 4.41. The summed E-state index contributed by atoms with van der Waals surface area (Å²) in [5.74, 6) is 0.686. The van der Waals surface area contributed by atoms with Gasteiger partial charge in [0.05, 0.1) is 0 Å². The maximum atomic E-state index is 12.8. The molecule has 0 saturated heterocycles. The Kier molecular flexibility index (Phi) is 2.22. The first-order valence-electron chi connectivity index (χ1n) is 6.91. The first kappa shape index (κ1) is 11.8. The van der Waals surface area contributed by atoms with Crippen LogP contribution in [0.5, 0.6) is 0 Å². The molecule has 1 aromatic rings. The molecule has 3 aliphatic rings. The Morgan fingerprint density at radius 2 is 1.84 bits per heavy atom. The molecule has 1 atom stereocenters. The number of Topliss-reactive ketones (excluding diaryl/α,β-unsaturated/α-hetero) is 2. The Morgan fingerprint density at radius 1 is 1.05 bits per heavy atom. The molecule has 0 aliphatic heterocycles. The molecular formula is C16H15BrO2. The van der Waals surface area contributed by atoms with E-state index in [1.165, 1.54) is 5.56 Å². The Balaban J connectivity index is 1.75. The lowest BCUT2D eigenvalue weighted by molar-refractivity contribution is -0.128. The summed E-state index contributed by atoms with van der Waals surface area (Å²) in [4.78, 5) is 24.8. The Bertz CT molecular complexity index is 615. The van der Waals surface area contributed by atoms with E-state index in [0.717, 1.165) is 42.1 Å². The van der Waals surface area contributed by atoms with Gasteiger partial charge in [-0.2, -0.15) is 0 Å². The molecule has 98 valence electrons. The zero-order valence-corrected chi connectivity index (χ0v) is 12.3. The van der Waals surface area contributed by atoms with Gasteiger partial charge in [0.15, 0.2) is 5.78 Å². The monoisotopic (exact) mass is 318 g/mol. The van der Waals surface area contributed by atoms with Crippen molar-refractivity contribution in [3.8, 4) is 0 Å². The maximum absolute atomic E-state index is 12.8. The molecule has 19 heavy (non-hydrogen) atoms. The average Bonchev–Trinajstić information content (AvgIpc) is 3.11. The van der Waals surface area contributed by atoms with E-state index >= 15 is 0 Å². The second kappa shape index (κ2) is 3.57. The van der Waals surface area contributed by atoms with Gasteiger partial charge in [-0.25, -0.2) is 0 Å². The molecule has 0 N–H and O–H groups in total. The van der Waals surface area contributed by atoms with E-state index in [2.05, 4.69) is 22.0 Å². The van der Waals surface area contributed by atoms with Gasteiger partial charge in [-0.3, -0.25) is 9.59 Å². The third-order valence-electron chi connectivity index (χ3n) is 5.28. The first-order valence-corrected chi connectivity index (χ1v) is 7.71. The van der Waals surface area contributed by atoms with E-state index in [-0.39, 0.29) is 16.6 Å². The summed E-state index contributed by atoms with van der Waals surface area (Å²) in [6.45, 7) is 0. The molecule has 2 fully saturated rings. The second-order valence-electron chi connectivity index (χ2n) is 6.47. The number of hydrogen-bond acceptors (Lipinski definition) is 2. The van der Waals surface area contributed by atoms with Gasteiger partial charge in [0.1, 0.15) is 5.78 Å². The Hall–Kier alpha value is -0.960.